The molecule has 3 rings (SSSR count). The quantitative estimate of drug-likeness (QED) is 0.479. The number of rotatable bonds is 9. The van der Waals surface area contributed by atoms with Gasteiger partial charge in [-0.1, -0.05) is 11.3 Å². The molecular formula is C20H26N6O5S. The van der Waals surface area contributed by atoms with Gasteiger partial charge in [-0.2, -0.15) is 0 Å². The Morgan fingerprint density at radius 1 is 1.31 bits per heavy atom. The Labute approximate surface area is 188 Å². The van der Waals surface area contributed by atoms with Crippen LogP contribution in [0.2, 0.25) is 0 Å². The minimum Gasteiger partial charge on any atom is -0.488 e. The number of nitrogens with zero attached hydrogens (tertiary/aromatic N) is 3. The van der Waals surface area contributed by atoms with E-state index in [2.05, 4.69) is 20.8 Å². The van der Waals surface area contributed by atoms with E-state index in [1.54, 1.807) is 20.1 Å². The van der Waals surface area contributed by atoms with Crippen molar-refractivity contribution in [1.29, 1.82) is 5.41 Å². The van der Waals surface area contributed by atoms with Crippen LogP contribution in [-0.2, 0) is 4.74 Å². The fraction of sp³-hybridized carbons (Fsp3) is 0.450. The lowest BCUT2D eigenvalue weighted by molar-refractivity contribution is 0.0991. The highest BCUT2D eigenvalue weighted by atomic mass is 32.1. The molecule has 0 aromatic carbocycles. The third-order valence-corrected chi connectivity index (χ3v) is 5.71. The second-order valence-electron chi connectivity index (χ2n) is 7.21. The Kier molecular flexibility index (Phi) is 7.95. The van der Waals surface area contributed by atoms with Crippen molar-refractivity contribution < 1.29 is 18.7 Å². The number of hydrogen-bond acceptors (Lipinski definition) is 11. The van der Waals surface area contributed by atoms with Crippen LogP contribution in [0.4, 0.5) is 16.0 Å². The van der Waals surface area contributed by atoms with Gasteiger partial charge < -0.3 is 29.5 Å². The van der Waals surface area contributed by atoms with E-state index >= 15 is 0 Å². The number of methoxy groups -OCH3 is 2. The maximum absolute atomic E-state index is 12.7. The lowest BCUT2D eigenvalue weighted by Gasteiger charge is -2.33. The van der Waals surface area contributed by atoms with Crippen molar-refractivity contribution in [2.24, 2.45) is 5.92 Å². The Morgan fingerprint density at radius 2 is 2.00 bits per heavy atom. The second-order valence-corrected chi connectivity index (χ2v) is 8.19. The van der Waals surface area contributed by atoms with Gasteiger partial charge in [0.15, 0.2) is 5.76 Å². The molecule has 1 aliphatic heterocycles. The minimum atomic E-state index is -0.721. The lowest BCUT2D eigenvalue weighted by atomic mass is 9.97. The Morgan fingerprint density at radius 3 is 2.62 bits per heavy atom. The number of ether oxygens (including phenoxy) is 2. The van der Waals surface area contributed by atoms with E-state index in [9.17, 15) is 9.59 Å². The van der Waals surface area contributed by atoms with Crippen LogP contribution in [-0.4, -0.2) is 56.2 Å². The molecule has 3 heterocycles. The molecule has 1 amide bonds. The summed E-state index contributed by atoms with van der Waals surface area (Å²) in [6.07, 6.45) is 4.52. The summed E-state index contributed by atoms with van der Waals surface area (Å²) in [6.45, 7) is 3.90. The van der Waals surface area contributed by atoms with Crippen molar-refractivity contribution in [3.8, 4) is 5.75 Å². The first-order chi connectivity index (χ1) is 15.4. The van der Waals surface area contributed by atoms with Crippen molar-refractivity contribution in [3.05, 3.63) is 34.0 Å². The highest BCUT2D eigenvalue weighted by Crippen LogP contribution is 2.30. The maximum Gasteiger partial charge on any atom is 0.381 e. The van der Waals surface area contributed by atoms with Crippen LogP contribution in [0.15, 0.2) is 27.1 Å². The van der Waals surface area contributed by atoms with E-state index in [-0.39, 0.29) is 16.6 Å². The molecule has 1 aliphatic rings. The SMILES string of the molecule is COCC1CCN(c2cc(C(=O)Nc3nnc(N/C(C)=C\C=N)s3)oc(=O)c2OC)CC1. The molecule has 0 radical (unpaired) electrons. The summed E-state index contributed by atoms with van der Waals surface area (Å²) in [5.41, 5.74) is 0.507. The molecule has 1 fully saturated rings. The van der Waals surface area contributed by atoms with Gasteiger partial charge in [-0.15, -0.1) is 10.2 Å². The van der Waals surface area contributed by atoms with E-state index < -0.39 is 11.5 Å². The third-order valence-electron chi connectivity index (χ3n) is 4.96. The molecule has 2 aromatic heterocycles. The van der Waals surface area contributed by atoms with Gasteiger partial charge >= 0.3 is 5.63 Å². The van der Waals surface area contributed by atoms with Crippen molar-refractivity contribution in [2.45, 2.75) is 19.8 Å². The van der Waals surface area contributed by atoms with Gasteiger partial charge in [0.2, 0.25) is 16.0 Å². The van der Waals surface area contributed by atoms with Crippen molar-refractivity contribution in [3.63, 3.8) is 0 Å². The number of carbonyl (C=O) groups is 1. The lowest BCUT2D eigenvalue weighted by Crippen LogP contribution is -2.36. The number of nitrogens with one attached hydrogen (secondary N) is 3. The topological polar surface area (TPSA) is 143 Å². The molecule has 0 atom stereocenters. The highest BCUT2D eigenvalue weighted by molar-refractivity contribution is 7.19. The van der Waals surface area contributed by atoms with E-state index in [1.807, 2.05) is 4.90 Å². The Hall–Kier alpha value is -3.25. The first kappa shape index (κ1) is 23.4. The Balaban J connectivity index is 1.76. The molecule has 11 nitrogen and oxygen atoms in total. The summed E-state index contributed by atoms with van der Waals surface area (Å²) in [5, 5.41) is 21.2. The number of piperidine rings is 1. The van der Waals surface area contributed by atoms with Gasteiger partial charge in [0.05, 0.1) is 12.8 Å². The fourth-order valence-electron chi connectivity index (χ4n) is 3.40. The van der Waals surface area contributed by atoms with Crippen LogP contribution < -0.4 is 25.9 Å². The van der Waals surface area contributed by atoms with Gasteiger partial charge in [-0.25, -0.2) is 4.79 Å². The number of hydrogen-bond donors (Lipinski definition) is 3. The summed E-state index contributed by atoms with van der Waals surface area (Å²) >= 11 is 1.11. The summed E-state index contributed by atoms with van der Waals surface area (Å²) in [4.78, 5) is 27.2. The van der Waals surface area contributed by atoms with Crippen LogP contribution >= 0.6 is 11.3 Å². The van der Waals surface area contributed by atoms with Crippen LogP contribution in [0.25, 0.3) is 0 Å². The van der Waals surface area contributed by atoms with Gasteiger partial charge in [-0.05, 0) is 31.8 Å². The molecule has 2 aromatic rings. The largest absolute Gasteiger partial charge is 0.488 e. The Bertz CT molecular complexity index is 1040. The van der Waals surface area contributed by atoms with Crippen LogP contribution in [0.3, 0.4) is 0 Å². The van der Waals surface area contributed by atoms with Crippen molar-refractivity contribution in [1.82, 2.24) is 10.2 Å². The second kappa shape index (κ2) is 10.9. The molecule has 1 saturated heterocycles. The zero-order valence-corrected chi connectivity index (χ0v) is 19.0. The molecule has 0 bridgehead atoms. The zero-order chi connectivity index (χ0) is 23.1. The van der Waals surface area contributed by atoms with Crippen LogP contribution in [0, 0.1) is 11.3 Å². The summed E-state index contributed by atoms with van der Waals surface area (Å²) in [7, 11) is 3.09. The normalized spacial score (nSPS) is 14.8. The molecule has 12 heteroatoms. The van der Waals surface area contributed by atoms with E-state index in [0.29, 0.717) is 42.1 Å². The van der Waals surface area contributed by atoms with Crippen molar-refractivity contribution >= 4 is 39.4 Å². The maximum atomic E-state index is 12.7. The predicted octanol–water partition coefficient (Wildman–Crippen LogP) is 2.58. The average molecular weight is 463 g/mol. The van der Waals surface area contributed by atoms with Gasteiger partial charge in [0.1, 0.15) is 0 Å². The summed E-state index contributed by atoms with van der Waals surface area (Å²) < 4.78 is 15.7. The minimum absolute atomic E-state index is 0.0719. The van der Waals surface area contributed by atoms with Gasteiger partial charge in [-0.3, -0.25) is 10.1 Å². The standard InChI is InChI=1S/C20H26N6O5S/c1-12(4-7-21)22-19-24-25-20(32-19)23-17(27)15-10-14(16(30-3)18(28)31-15)26-8-5-13(6-9-26)11-29-2/h4,7,10,13,21H,5-6,8-9,11H2,1-3H3,(H,22,24)(H,23,25,27)/b12-4-,21-7?. The predicted molar refractivity (Wildman–Crippen MR) is 122 cm³/mol. The average Bonchev–Trinajstić information content (AvgIpc) is 3.20. The fourth-order valence-corrected chi connectivity index (χ4v) is 4.10. The number of aromatic nitrogens is 2. The van der Waals surface area contributed by atoms with E-state index in [0.717, 1.165) is 30.4 Å². The van der Waals surface area contributed by atoms with E-state index in [1.165, 1.54) is 13.2 Å². The molecular weight excluding hydrogens is 436 g/mol. The van der Waals surface area contributed by atoms with Gasteiger partial charge in [0, 0.05) is 44.8 Å². The summed E-state index contributed by atoms with van der Waals surface area (Å²) in [6, 6.07) is 1.52. The summed E-state index contributed by atoms with van der Waals surface area (Å²) in [5.74, 6) is -0.227. The number of allylic oxidation sites excluding steroid dienone is 2. The van der Waals surface area contributed by atoms with Crippen LogP contribution in [0.5, 0.6) is 5.75 Å². The molecule has 172 valence electrons. The van der Waals surface area contributed by atoms with Gasteiger partial charge in [0.25, 0.3) is 5.91 Å². The third kappa shape index (κ3) is 5.71. The molecule has 0 spiro atoms. The number of amides is 1. The molecule has 0 unspecified atom stereocenters. The van der Waals surface area contributed by atoms with Crippen molar-refractivity contribution in [2.75, 3.05) is 49.4 Å². The monoisotopic (exact) mass is 462 g/mol. The molecule has 0 saturated carbocycles. The number of anilines is 3. The smallest absolute Gasteiger partial charge is 0.381 e. The zero-order valence-electron chi connectivity index (χ0n) is 18.1. The highest BCUT2D eigenvalue weighted by Gasteiger charge is 2.26. The molecule has 32 heavy (non-hydrogen) atoms. The first-order valence-electron chi connectivity index (χ1n) is 10.0. The molecule has 3 N–H and O–H groups in total. The first-order valence-corrected chi connectivity index (χ1v) is 10.8. The molecule has 0 aliphatic carbocycles. The van der Waals surface area contributed by atoms with E-state index in [4.69, 9.17) is 19.3 Å². The number of carbonyl (C=O) groups excluding carboxylic acids is 1. The van der Waals surface area contributed by atoms with Crippen LogP contribution in [0.1, 0.15) is 30.3 Å².